The fourth-order valence-electron chi connectivity index (χ4n) is 1.87. The molecular formula is C16H19ClN4O3S. The minimum Gasteiger partial charge on any atom is -0.411 e. The van der Waals surface area contributed by atoms with Gasteiger partial charge in [0, 0.05) is 29.6 Å². The van der Waals surface area contributed by atoms with Gasteiger partial charge in [-0.05, 0) is 38.1 Å². The molecule has 1 aromatic carbocycles. The summed E-state index contributed by atoms with van der Waals surface area (Å²) in [4.78, 5) is 23.2. The van der Waals surface area contributed by atoms with Crippen molar-refractivity contribution in [3.05, 3.63) is 29.3 Å². The number of hydrogen-bond acceptors (Lipinski definition) is 6. The van der Waals surface area contributed by atoms with Crippen LogP contribution in [0.1, 0.15) is 20.3 Å². The van der Waals surface area contributed by atoms with Crippen molar-refractivity contribution < 1.29 is 14.0 Å². The highest BCUT2D eigenvalue weighted by Crippen LogP contribution is 2.24. The van der Waals surface area contributed by atoms with E-state index in [-0.39, 0.29) is 36.6 Å². The number of carbonyl (C=O) groups is 2. The van der Waals surface area contributed by atoms with E-state index in [2.05, 4.69) is 20.8 Å². The predicted octanol–water partition coefficient (Wildman–Crippen LogP) is 2.51. The fraction of sp³-hybridized carbons (Fsp3) is 0.375. The first-order chi connectivity index (χ1) is 11.9. The first kappa shape index (κ1) is 19.3. The number of hydrogen-bond donors (Lipinski definition) is 2. The summed E-state index contributed by atoms with van der Waals surface area (Å²) in [6, 6.07) is 7.11. The molecule has 2 aromatic rings. The van der Waals surface area contributed by atoms with Crippen molar-refractivity contribution in [1.29, 1.82) is 0 Å². The molecule has 0 fully saturated rings. The second kappa shape index (κ2) is 9.43. The third-order valence-electron chi connectivity index (χ3n) is 2.95. The molecule has 0 aliphatic rings. The summed E-state index contributed by atoms with van der Waals surface area (Å²) in [5.41, 5.74) is 0.754. The lowest BCUT2D eigenvalue weighted by Gasteiger charge is -2.08. The average molecular weight is 383 g/mol. The van der Waals surface area contributed by atoms with E-state index < -0.39 is 0 Å². The maximum Gasteiger partial charge on any atom is 0.277 e. The number of nitrogens with one attached hydrogen (secondary N) is 2. The third kappa shape index (κ3) is 6.75. The van der Waals surface area contributed by atoms with E-state index in [1.54, 1.807) is 24.3 Å². The monoisotopic (exact) mass is 382 g/mol. The largest absolute Gasteiger partial charge is 0.411 e. The lowest BCUT2D eigenvalue weighted by atomic mass is 10.2. The molecule has 0 saturated heterocycles. The Morgan fingerprint density at radius 1 is 1.20 bits per heavy atom. The van der Waals surface area contributed by atoms with Gasteiger partial charge < -0.3 is 15.1 Å². The van der Waals surface area contributed by atoms with Crippen molar-refractivity contribution in [2.75, 3.05) is 12.3 Å². The second-order valence-corrected chi connectivity index (χ2v) is 6.85. The quantitative estimate of drug-likeness (QED) is 0.681. The molecule has 2 N–H and O–H groups in total. The predicted molar refractivity (Wildman–Crippen MR) is 96.4 cm³/mol. The van der Waals surface area contributed by atoms with Crippen LogP contribution in [0.25, 0.3) is 11.5 Å². The van der Waals surface area contributed by atoms with Crippen LogP contribution in [0.4, 0.5) is 0 Å². The van der Waals surface area contributed by atoms with Crippen LogP contribution < -0.4 is 10.6 Å². The molecule has 0 radical (unpaired) electrons. The van der Waals surface area contributed by atoms with E-state index in [0.29, 0.717) is 16.1 Å². The van der Waals surface area contributed by atoms with Crippen LogP contribution in [-0.2, 0) is 9.59 Å². The van der Waals surface area contributed by atoms with Crippen molar-refractivity contribution in [2.45, 2.75) is 31.5 Å². The molecule has 9 heteroatoms. The van der Waals surface area contributed by atoms with Gasteiger partial charge in [-0.15, -0.1) is 10.2 Å². The number of thioether (sulfide) groups is 1. The Morgan fingerprint density at radius 2 is 1.92 bits per heavy atom. The number of nitrogens with zero attached hydrogens (tertiary/aromatic N) is 2. The van der Waals surface area contributed by atoms with Gasteiger partial charge in [0.2, 0.25) is 17.7 Å². The highest BCUT2D eigenvalue weighted by molar-refractivity contribution is 7.99. The Hall–Kier alpha value is -2.06. The molecule has 0 bridgehead atoms. The Kier molecular flexibility index (Phi) is 7.27. The van der Waals surface area contributed by atoms with E-state index in [9.17, 15) is 9.59 Å². The molecule has 0 atom stereocenters. The third-order valence-corrected chi connectivity index (χ3v) is 4.02. The normalized spacial score (nSPS) is 10.7. The zero-order valence-corrected chi connectivity index (χ0v) is 15.5. The van der Waals surface area contributed by atoms with E-state index in [1.807, 2.05) is 13.8 Å². The number of rotatable bonds is 8. The average Bonchev–Trinajstić information content (AvgIpc) is 3.02. The van der Waals surface area contributed by atoms with Crippen LogP contribution in [0.15, 0.2) is 33.9 Å². The highest BCUT2D eigenvalue weighted by atomic mass is 35.5. The van der Waals surface area contributed by atoms with Crippen molar-refractivity contribution in [3.8, 4) is 11.5 Å². The Balaban J connectivity index is 1.73. The molecule has 0 unspecified atom stereocenters. The zero-order valence-electron chi connectivity index (χ0n) is 13.9. The molecule has 1 aromatic heterocycles. The molecule has 0 aliphatic carbocycles. The number of aromatic nitrogens is 2. The van der Waals surface area contributed by atoms with Crippen molar-refractivity contribution >= 4 is 35.2 Å². The smallest absolute Gasteiger partial charge is 0.277 e. The van der Waals surface area contributed by atoms with Gasteiger partial charge in [0.05, 0.1) is 5.75 Å². The van der Waals surface area contributed by atoms with Crippen molar-refractivity contribution in [1.82, 2.24) is 20.8 Å². The lowest BCUT2D eigenvalue weighted by molar-refractivity contribution is -0.121. The van der Waals surface area contributed by atoms with Gasteiger partial charge in [-0.2, -0.15) is 0 Å². The van der Waals surface area contributed by atoms with Crippen LogP contribution in [0, 0.1) is 0 Å². The lowest BCUT2D eigenvalue weighted by Crippen LogP contribution is -2.34. The Bertz CT molecular complexity index is 718. The maximum atomic E-state index is 11.8. The second-order valence-electron chi connectivity index (χ2n) is 5.49. The van der Waals surface area contributed by atoms with E-state index in [1.165, 1.54) is 0 Å². The number of carbonyl (C=O) groups excluding carboxylic acids is 2. The van der Waals surface area contributed by atoms with Gasteiger partial charge >= 0.3 is 0 Å². The standard InChI is InChI=1S/C16H19ClN4O3S/c1-10(2)19-13(22)7-8-18-14(23)9-25-16-21-20-15(24-16)11-3-5-12(17)6-4-11/h3-6,10H,7-9H2,1-2H3,(H,18,23)(H,19,22). The van der Waals surface area contributed by atoms with E-state index in [4.69, 9.17) is 16.0 Å². The zero-order chi connectivity index (χ0) is 18.2. The van der Waals surface area contributed by atoms with E-state index in [0.717, 1.165) is 17.3 Å². The maximum absolute atomic E-state index is 11.8. The Morgan fingerprint density at radius 3 is 2.60 bits per heavy atom. The van der Waals surface area contributed by atoms with Crippen molar-refractivity contribution in [2.24, 2.45) is 0 Å². The number of benzene rings is 1. The van der Waals surface area contributed by atoms with Crippen LogP contribution >= 0.6 is 23.4 Å². The molecular weight excluding hydrogens is 364 g/mol. The van der Waals surface area contributed by atoms with E-state index >= 15 is 0 Å². The number of halogens is 1. The highest BCUT2D eigenvalue weighted by Gasteiger charge is 2.11. The Labute approximate surface area is 154 Å². The molecule has 134 valence electrons. The topological polar surface area (TPSA) is 97.1 Å². The summed E-state index contributed by atoms with van der Waals surface area (Å²) in [6.07, 6.45) is 0.246. The molecule has 0 spiro atoms. The van der Waals surface area contributed by atoms with Crippen LogP contribution in [0.2, 0.25) is 5.02 Å². The molecule has 2 amide bonds. The van der Waals surface area contributed by atoms with Crippen molar-refractivity contribution in [3.63, 3.8) is 0 Å². The minimum absolute atomic E-state index is 0.0890. The molecule has 1 heterocycles. The summed E-state index contributed by atoms with van der Waals surface area (Å²) in [7, 11) is 0. The molecule has 7 nitrogen and oxygen atoms in total. The van der Waals surface area contributed by atoms with Gasteiger partial charge in [0.15, 0.2) is 0 Å². The summed E-state index contributed by atoms with van der Waals surface area (Å²) in [5, 5.41) is 14.2. The van der Waals surface area contributed by atoms with Crippen LogP contribution in [-0.4, -0.2) is 40.4 Å². The van der Waals surface area contributed by atoms with Gasteiger partial charge in [-0.1, -0.05) is 23.4 Å². The summed E-state index contributed by atoms with van der Waals surface area (Å²) >= 11 is 6.97. The van der Waals surface area contributed by atoms with Gasteiger partial charge in [0.1, 0.15) is 0 Å². The summed E-state index contributed by atoms with van der Waals surface area (Å²) in [5.74, 6) is 0.208. The first-order valence-electron chi connectivity index (χ1n) is 7.72. The molecule has 2 rings (SSSR count). The van der Waals surface area contributed by atoms with Crippen LogP contribution in [0.5, 0.6) is 0 Å². The molecule has 25 heavy (non-hydrogen) atoms. The minimum atomic E-state index is -0.200. The SMILES string of the molecule is CC(C)NC(=O)CCNC(=O)CSc1nnc(-c2ccc(Cl)cc2)o1. The van der Waals surface area contributed by atoms with Gasteiger partial charge in [-0.3, -0.25) is 9.59 Å². The molecule has 0 aliphatic heterocycles. The van der Waals surface area contributed by atoms with Gasteiger partial charge in [0.25, 0.3) is 5.22 Å². The first-order valence-corrected chi connectivity index (χ1v) is 9.08. The summed E-state index contributed by atoms with van der Waals surface area (Å²) < 4.78 is 5.50. The fourth-order valence-corrected chi connectivity index (χ4v) is 2.58. The molecule has 0 saturated carbocycles. The number of amides is 2. The summed E-state index contributed by atoms with van der Waals surface area (Å²) in [6.45, 7) is 4.06. The van der Waals surface area contributed by atoms with Crippen LogP contribution in [0.3, 0.4) is 0 Å². The van der Waals surface area contributed by atoms with Gasteiger partial charge in [-0.25, -0.2) is 0 Å².